The van der Waals surface area contributed by atoms with Gasteiger partial charge < -0.3 is 10.4 Å². The van der Waals surface area contributed by atoms with Crippen LogP contribution in [-0.4, -0.2) is 23.0 Å². The number of hydrogen-bond donors (Lipinski definition) is 2. The molecule has 0 saturated carbocycles. The summed E-state index contributed by atoms with van der Waals surface area (Å²) in [6.07, 6.45) is -1.77. The standard InChI is InChI=1S/C15H11F2NO3/c16-11-5-1-9(2-6-11)13(19)15(21)18-14(20)10-3-7-12(17)8-4-10/h1-8,15,21H,(H,18,20)/t15-/m1/s1. The Morgan fingerprint density at radius 2 is 1.29 bits per heavy atom. The lowest BCUT2D eigenvalue weighted by atomic mass is 10.1. The van der Waals surface area contributed by atoms with Crippen LogP contribution in [0.15, 0.2) is 48.5 Å². The van der Waals surface area contributed by atoms with Crippen LogP contribution in [0.1, 0.15) is 20.7 Å². The summed E-state index contributed by atoms with van der Waals surface area (Å²) in [5, 5.41) is 11.8. The van der Waals surface area contributed by atoms with Gasteiger partial charge in [0.2, 0.25) is 5.78 Å². The van der Waals surface area contributed by atoms with Gasteiger partial charge in [0, 0.05) is 11.1 Å². The minimum Gasteiger partial charge on any atom is -0.367 e. The van der Waals surface area contributed by atoms with Gasteiger partial charge in [0.15, 0.2) is 6.23 Å². The average Bonchev–Trinajstić information content (AvgIpc) is 2.47. The molecule has 0 aromatic heterocycles. The van der Waals surface area contributed by atoms with E-state index < -0.39 is 29.6 Å². The van der Waals surface area contributed by atoms with Crippen molar-refractivity contribution in [2.45, 2.75) is 6.23 Å². The van der Waals surface area contributed by atoms with Crippen molar-refractivity contribution in [1.29, 1.82) is 0 Å². The zero-order valence-corrected chi connectivity index (χ0v) is 10.7. The molecule has 0 aliphatic heterocycles. The highest BCUT2D eigenvalue weighted by Crippen LogP contribution is 2.07. The molecule has 0 aliphatic rings. The van der Waals surface area contributed by atoms with E-state index in [1.165, 1.54) is 24.3 Å². The number of halogens is 2. The summed E-state index contributed by atoms with van der Waals surface area (Å²) in [7, 11) is 0. The highest BCUT2D eigenvalue weighted by atomic mass is 19.1. The number of aliphatic hydroxyl groups is 1. The van der Waals surface area contributed by atoms with E-state index in [-0.39, 0.29) is 11.1 Å². The summed E-state index contributed by atoms with van der Waals surface area (Å²) in [6.45, 7) is 0. The largest absolute Gasteiger partial charge is 0.367 e. The van der Waals surface area contributed by atoms with E-state index >= 15 is 0 Å². The highest BCUT2D eigenvalue weighted by molar-refractivity contribution is 6.03. The van der Waals surface area contributed by atoms with Gasteiger partial charge in [-0.1, -0.05) is 0 Å². The monoisotopic (exact) mass is 291 g/mol. The van der Waals surface area contributed by atoms with Gasteiger partial charge >= 0.3 is 0 Å². The first kappa shape index (κ1) is 14.8. The summed E-state index contributed by atoms with van der Waals surface area (Å²) < 4.78 is 25.5. The predicted molar refractivity (Wildman–Crippen MR) is 70.6 cm³/mol. The topological polar surface area (TPSA) is 66.4 Å². The van der Waals surface area contributed by atoms with Crippen LogP contribution >= 0.6 is 0 Å². The van der Waals surface area contributed by atoms with E-state index in [0.29, 0.717) is 0 Å². The predicted octanol–water partition coefficient (Wildman–Crippen LogP) is 1.90. The molecule has 0 fully saturated rings. The fourth-order valence-electron chi connectivity index (χ4n) is 1.65. The van der Waals surface area contributed by atoms with Crippen molar-refractivity contribution >= 4 is 11.7 Å². The summed E-state index contributed by atoms with van der Waals surface area (Å²) in [6, 6.07) is 9.16. The van der Waals surface area contributed by atoms with Crippen LogP contribution in [0.5, 0.6) is 0 Å². The lowest BCUT2D eigenvalue weighted by molar-refractivity contribution is 0.0607. The number of hydrogen-bond acceptors (Lipinski definition) is 3. The van der Waals surface area contributed by atoms with Crippen molar-refractivity contribution in [3.05, 3.63) is 71.3 Å². The van der Waals surface area contributed by atoms with Crippen LogP contribution in [0.4, 0.5) is 8.78 Å². The van der Waals surface area contributed by atoms with Gasteiger partial charge in [-0.2, -0.15) is 0 Å². The van der Waals surface area contributed by atoms with Gasteiger partial charge in [0.25, 0.3) is 5.91 Å². The molecular formula is C15H11F2NO3. The molecule has 0 saturated heterocycles. The van der Waals surface area contributed by atoms with Crippen molar-refractivity contribution in [1.82, 2.24) is 5.32 Å². The third-order valence-corrected chi connectivity index (χ3v) is 2.75. The van der Waals surface area contributed by atoms with Crippen LogP contribution in [0.2, 0.25) is 0 Å². The number of carbonyl (C=O) groups excluding carboxylic acids is 2. The molecule has 2 N–H and O–H groups in total. The van der Waals surface area contributed by atoms with Gasteiger partial charge in [0.05, 0.1) is 0 Å². The third kappa shape index (κ3) is 3.70. The molecule has 0 bridgehead atoms. The molecular weight excluding hydrogens is 280 g/mol. The first-order valence-corrected chi connectivity index (χ1v) is 6.01. The number of carbonyl (C=O) groups is 2. The number of nitrogens with one attached hydrogen (secondary N) is 1. The molecule has 0 spiro atoms. The summed E-state index contributed by atoms with van der Waals surface area (Å²) >= 11 is 0. The Morgan fingerprint density at radius 1 is 0.857 bits per heavy atom. The lowest BCUT2D eigenvalue weighted by Gasteiger charge is -2.12. The minimum atomic E-state index is -1.77. The number of ketones is 1. The number of amides is 1. The smallest absolute Gasteiger partial charge is 0.253 e. The molecule has 1 amide bonds. The molecule has 6 heteroatoms. The second-order valence-corrected chi connectivity index (χ2v) is 4.25. The quantitative estimate of drug-likeness (QED) is 0.668. The van der Waals surface area contributed by atoms with Crippen molar-refractivity contribution in [2.24, 2.45) is 0 Å². The molecule has 1 atom stereocenters. The third-order valence-electron chi connectivity index (χ3n) is 2.75. The zero-order valence-electron chi connectivity index (χ0n) is 10.7. The molecule has 2 aromatic carbocycles. The maximum absolute atomic E-state index is 12.7. The lowest BCUT2D eigenvalue weighted by Crippen LogP contribution is -2.40. The van der Waals surface area contributed by atoms with Crippen molar-refractivity contribution in [2.75, 3.05) is 0 Å². The Kier molecular flexibility index (Phi) is 4.39. The van der Waals surface area contributed by atoms with Gasteiger partial charge in [-0.25, -0.2) is 8.78 Å². The molecule has 4 nitrogen and oxygen atoms in total. The number of Topliss-reactive ketones (excluding diaryl/α,β-unsaturated/α-hetero) is 1. The summed E-state index contributed by atoms with van der Waals surface area (Å²) in [4.78, 5) is 23.6. The van der Waals surface area contributed by atoms with Gasteiger partial charge in [-0.05, 0) is 48.5 Å². The molecule has 0 heterocycles. The molecule has 2 rings (SSSR count). The Balaban J connectivity index is 2.05. The molecule has 21 heavy (non-hydrogen) atoms. The van der Waals surface area contributed by atoms with E-state index in [9.17, 15) is 23.5 Å². The SMILES string of the molecule is O=C(N[C@H](O)C(=O)c1ccc(F)cc1)c1ccc(F)cc1. The Morgan fingerprint density at radius 3 is 1.76 bits per heavy atom. The van der Waals surface area contributed by atoms with E-state index in [4.69, 9.17) is 0 Å². The fourth-order valence-corrected chi connectivity index (χ4v) is 1.65. The van der Waals surface area contributed by atoms with Crippen molar-refractivity contribution in [3.8, 4) is 0 Å². The number of rotatable bonds is 4. The van der Waals surface area contributed by atoms with E-state index in [2.05, 4.69) is 5.32 Å². The summed E-state index contributed by atoms with van der Waals surface area (Å²) in [5.41, 5.74) is 0.158. The molecule has 2 aromatic rings. The van der Waals surface area contributed by atoms with Crippen LogP contribution < -0.4 is 5.32 Å². The van der Waals surface area contributed by atoms with Crippen LogP contribution in [-0.2, 0) is 0 Å². The van der Waals surface area contributed by atoms with Crippen LogP contribution in [0.25, 0.3) is 0 Å². The summed E-state index contributed by atoms with van der Waals surface area (Å²) in [5.74, 6) is -2.52. The first-order chi connectivity index (χ1) is 9.97. The van der Waals surface area contributed by atoms with E-state index in [1.54, 1.807) is 0 Å². The maximum atomic E-state index is 12.7. The average molecular weight is 291 g/mol. The van der Waals surface area contributed by atoms with E-state index in [0.717, 1.165) is 24.3 Å². The highest BCUT2D eigenvalue weighted by Gasteiger charge is 2.20. The Hall–Kier alpha value is -2.60. The second-order valence-electron chi connectivity index (χ2n) is 4.25. The van der Waals surface area contributed by atoms with E-state index in [1.807, 2.05) is 0 Å². The van der Waals surface area contributed by atoms with Gasteiger partial charge in [-0.15, -0.1) is 0 Å². The van der Waals surface area contributed by atoms with Gasteiger partial charge in [-0.3, -0.25) is 9.59 Å². The molecule has 0 unspecified atom stereocenters. The first-order valence-electron chi connectivity index (χ1n) is 6.01. The number of benzene rings is 2. The maximum Gasteiger partial charge on any atom is 0.253 e. The Bertz CT molecular complexity index is 654. The zero-order chi connectivity index (χ0) is 15.4. The molecule has 108 valence electrons. The normalized spacial score (nSPS) is 11.8. The minimum absolute atomic E-state index is 0.0586. The van der Waals surface area contributed by atoms with Crippen LogP contribution in [0, 0.1) is 11.6 Å². The van der Waals surface area contributed by atoms with Gasteiger partial charge in [0.1, 0.15) is 11.6 Å². The van der Waals surface area contributed by atoms with Crippen molar-refractivity contribution in [3.63, 3.8) is 0 Å². The van der Waals surface area contributed by atoms with Crippen molar-refractivity contribution < 1.29 is 23.5 Å². The molecule has 0 aliphatic carbocycles. The number of aliphatic hydroxyl groups excluding tert-OH is 1. The second kappa shape index (κ2) is 6.23. The fraction of sp³-hybridized carbons (Fsp3) is 0.0667. The Labute approximate surface area is 119 Å². The van der Waals surface area contributed by atoms with Crippen LogP contribution in [0.3, 0.4) is 0 Å². The molecule has 0 radical (unpaired) electrons.